The lowest BCUT2D eigenvalue weighted by atomic mass is 10.1. The summed E-state index contributed by atoms with van der Waals surface area (Å²) in [4.78, 5) is 17.2. The van der Waals surface area contributed by atoms with Crippen molar-refractivity contribution in [2.24, 2.45) is 5.92 Å². The van der Waals surface area contributed by atoms with Gasteiger partial charge < -0.3 is 15.1 Å². The van der Waals surface area contributed by atoms with Crippen LogP contribution in [0.5, 0.6) is 0 Å². The molecule has 13 heavy (non-hydrogen) atoms. The minimum Gasteiger partial charge on any atom is -0.314 e. The maximum absolute atomic E-state index is 10.6. The molecule has 0 bridgehead atoms. The number of phosphoric acid groups is 1. The molecule has 3 N–H and O–H groups in total. The van der Waals surface area contributed by atoms with Crippen LogP contribution in [-0.4, -0.2) is 41.0 Å². The van der Waals surface area contributed by atoms with Crippen molar-refractivity contribution < 1.29 is 18.9 Å². The van der Waals surface area contributed by atoms with Gasteiger partial charge in [-0.25, -0.2) is 4.57 Å². The number of rotatable bonds is 4. The molecule has 1 saturated heterocycles. The van der Waals surface area contributed by atoms with Crippen LogP contribution in [0.1, 0.15) is 0 Å². The number of thioether (sulfide) groups is 1. The third-order valence-corrected chi connectivity index (χ3v) is 3.24. The second kappa shape index (κ2) is 4.77. The monoisotopic (exact) mass is 227 g/mol. The second-order valence-electron chi connectivity index (χ2n) is 3.01. The van der Waals surface area contributed by atoms with Gasteiger partial charge in [0.25, 0.3) is 0 Å². The summed E-state index contributed by atoms with van der Waals surface area (Å²) in [5.41, 5.74) is 0. The Morgan fingerprint density at radius 3 is 2.85 bits per heavy atom. The largest absolute Gasteiger partial charge is 0.469 e. The lowest BCUT2D eigenvalue weighted by Crippen LogP contribution is -2.23. The van der Waals surface area contributed by atoms with Crippen molar-refractivity contribution in [1.29, 1.82) is 0 Å². The number of phosphoric ester groups is 1. The van der Waals surface area contributed by atoms with E-state index in [1.807, 2.05) is 6.26 Å². The van der Waals surface area contributed by atoms with E-state index in [4.69, 9.17) is 9.79 Å². The summed E-state index contributed by atoms with van der Waals surface area (Å²) in [7, 11) is -4.33. The summed E-state index contributed by atoms with van der Waals surface area (Å²) in [5.74, 6) is 1.06. The van der Waals surface area contributed by atoms with Crippen molar-refractivity contribution in [3.8, 4) is 0 Å². The highest BCUT2D eigenvalue weighted by atomic mass is 32.2. The highest BCUT2D eigenvalue weighted by Gasteiger charge is 2.32. The van der Waals surface area contributed by atoms with Gasteiger partial charge >= 0.3 is 7.82 Å². The maximum Gasteiger partial charge on any atom is 0.469 e. The number of nitrogens with one attached hydrogen (secondary N) is 1. The van der Waals surface area contributed by atoms with Crippen LogP contribution in [0.3, 0.4) is 0 Å². The highest BCUT2D eigenvalue weighted by Crippen LogP contribution is 2.40. The average molecular weight is 227 g/mol. The molecule has 7 heteroatoms. The molecule has 1 fully saturated rings. The Hall–Kier alpha value is 0.420. The minimum absolute atomic E-state index is 0.197. The summed E-state index contributed by atoms with van der Waals surface area (Å²) in [6, 6.07) is 0. The molecule has 1 heterocycles. The van der Waals surface area contributed by atoms with E-state index in [1.165, 1.54) is 0 Å². The standard InChI is InChI=1S/C6H14NO4PS/c1-13-4-5-2-7-3-6(5)11-12(8,9)10/h5-7H,2-4H2,1H3,(H2,8,9,10). The normalized spacial score (nSPS) is 29.5. The fraction of sp³-hybridized carbons (Fsp3) is 1.00. The average Bonchev–Trinajstić information content (AvgIpc) is 2.34. The molecule has 1 aliphatic rings. The smallest absolute Gasteiger partial charge is 0.314 e. The van der Waals surface area contributed by atoms with Crippen LogP contribution >= 0.6 is 19.6 Å². The molecular formula is C6H14NO4PS. The van der Waals surface area contributed by atoms with Gasteiger partial charge in [-0.2, -0.15) is 11.8 Å². The first kappa shape index (κ1) is 11.5. The molecule has 1 aliphatic heterocycles. The first-order valence-electron chi connectivity index (χ1n) is 3.96. The van der Waals surface area contributed by atoms with E-state index >= 15 is 0 Å². The van der Waals surface area contributed by atoms with Crippen molar-refractivity contribution in [2.45, 2.75) is 6.10 Å². The van der Waals surface area contributed by atoms with Gasteiger partial charge in [-0.05, 0) is 12.0 Å². The Balaban J connectivity index is 2.44. The zero-order chi connectivity index (χ0) is 9.90. The molecule has 0 aliphatic carbocycles. The van der Waals surface area contributed by atoms with E-state index in [2.05, 4.69) is 9.84 Å². The number of hydrogen-bond acceptors (Lipinski definition) is 4. The second-order valence-corrected chi connectivity index (χ2v) is 5.11. The molecule has 0 aromatic carbocycles. The topological polar surface area (TPSA) is 78.8 Å². The fourth-order valence-electron chi connectivity index (χ4n) is 1.39. The van der Waals surface area contributed by atoms with Gasteiger partial charge in [0.15, 0.2) is 0 Å². The molecule has 78 valence electrons. The lowest BCUT2D eigenvalue weighted by Gasteiger charge is -2.18. The number of hydrogen-bond donors (Lipinski definition) is 3. The van der Waals surface area contributed by atoms with Crippen molar-refractivity contribution in [1.82, 2.24) is 5.32 Å². The zero-order valence-corrected chi connectivity index (χ0v) is 9.05. The molecule has 1 rings (SSSR count). The molecule has 2 unspecified atom stereocenters. The van der Waals surface area contributed by atoms with Crippen LogP contribution in [0.2, 0.25) is 0 Å². The Morgan fingerprint density at radius 1 is 1.62 bits per heavy atom. The lowest BCUT2D eigenvalue weighted by molar-refractivity contribution is 0.122. The molecule has 2 atom stereocenters. The Kier molecular flexibility index (Phi) is 4.22. The third kappa shape index (κ3) is 3.97. The van der Waals surface area contributed by atoms with E-state index in [1.54, 1.807) is 11.8 Å². The Morgan fingerprint density at radius 2 is 2.31 bits per heavy atom. The van der Waals surface area contributed by atoms with Gasteiger partial charge in [-0.1, -0.05) is 0 Å². The van der Waals surface area contributed by atoms with Gasteiger partial charge in [0, 0.05) is 19.0 Å². The van der Waals surface area contributed by atoms with Crippen molar-refractivity contribution in [3.63, 3.8) is 0 Å². The molecule has 0 spiro atoms. The van der Waals surface area contributed by atoms with E-state index in [0.717, 1.165) is 12.3 Å². The maximum atomic E-state index is 10.6. The van der Waals surface area contributed by atoms with Crippen LogP contribution in [0.15, 0.2) is 0 Å². The zero-order valence-electron chi connectivity index (χ0n) is 7.34. The summed E-state index contributed by atoms with van der Waals surface area (Å²) in [6.45, 7) is 1.29. The predicted octanol–water partition coefficient (Wildman–Crippen LogP) is 0.0467. The van der Waals surface area contributed by atoms with Crippen molar-refractivity contribution >= 4 is 19.6 Å². The van der Waals surface area contributed by atoms with Gasteiger partial charge in [0.1, 0.15) is 0 Å². The fourth-order valence-corrected chi connectivity index (χ4v) is 2.75. The summed E-state index contributed by atoms with van der Waals surface area (Å²) >= 11 is 1.66. The molecule has 5 nitrogen and oxygen atoms in total. The van der Waals surface area contributed by atoms with Crippen LogP contribution in [0, 0.1) is 5.92 Å². The molecule has 0 aromatic heterocycles. The van der Waals surface area contributed by atoms with E-state index in [-0.39, 0.29) is 12.0 Å². The molecule has 0 saturated carbocycles. The van der Waals surface area contributed by atoms with Crippen molar-refractivity contribution in [2.75, 3.05) is 25.1 Å². The Bertz CT molecular complexity index is 209. The molecule has 0 amide bonds. The first-order chi connectivity index (χ1) is 6.03. The van der Waals surface area contributed by atoms with Gasteiger partial charge in [0.2, 0.25) is 0 Å². The molecular weight excluding hydrogens is 213 g/mol. The molecule has 0 aromatic rings. The molecule has 0 radical (unpaired) electrons. The van der Waals surface area contributed by atoms with Gasteiger partial charge in [0.05, 0.1) is 6.10 Å². The SMILES string of the molecule is CSCC1CNCC1OP(=O)(O)O. The van der Waals surface area contributed by atoms with Crippen molar-refractivity contribution in [3.05, 3.63) is 0 Å². The first-order valence-corrected chi connectivity index (χ1v) is 6.89. The highest BCUT2D eigenvalue weighted by molar-refractivity contribution is 7.98. The van der Waals surface area contributed by atoms with E-state index in [0.29, 0.717) is 6.54 Å². The Labute approximate surface area is 81.5 Å². The van der Waals surface area contributed by atoms with E-state index < -0.39 is 7.82 Å². The predicted molar refractivity (Wildman–Crippen MR) is 51.7 cm³/mol. The summed E-state index contributed by atoms with van der Waals surface area (Å²) in [5, 5.41) is 3.05. The summed E-state index contributed by atoms with van der Waals surface area (Å²) < 4.78 is 15.2. The van der Waals surface area contributed by atoms with Crippen LogP contribution in [0.25, 0.3) is 0 Å². The van der Waals surface area contributed by atoms with Crippen LogP contribution in [0.4, 0.5) is 0 Å². The van der Waals surface area contributed by atoms with Gasteiger partial charge in [-0.15, -0.1) is 0 Å². The van der Waals surface area contributed by atoms with Crippen LogP contribution in [-0.2, 0) is 9.09 Å². The minimum atomic E-state index is -4.33. The quantitative estimate of drug-likeness (QED) is 0.589. The van der Waals surface area contributed by atoms with E-state index in [9.17, 15) is 4.57 Å². The van der Waals surface area contributed by atoms with Crippen LogP contribution < -0.4 is 5.32 Å². The summed E-state index contributed by atoms with van der Waals surface area (Å²) in [6.07, 6.45) is 1.61. The third-order valence-electron chi connectivity index (χ3n) is 1.93. The van der Waals surface area contributed by atoms with Gasteiger partial charge in [-0.3, -0.25) is 4.52 Å².